The normalized spacial score (nSPS) is 14.8. The van der Waals surface area contributed by atoms with Gasteiger partial charge >= 0.3 is 0 Å². The topological polar surface area (TPSA) is 63.6 Å². The highest BCUT2D eigenvalue weighted by Crippen LogP contribution is 2.27. The van der Waals surface area contributed by atoms with E-state index in [0.29, 0.717) is 22.9 Å². The molecule has 0 unspecified atom stereocenters. The first kappa shape index (κ1) is 22.3. The molecular formula is C28H21N3O3S. The van der Waals surface area contributed by atoms with E-state index in [2.05, 4.69) is 5.32 Å². The van der Waals surface area contributed by atoms with Gasteiger partial charge in [0.05, 0.1) is 5.69 Å². The molecule has 172 valence electrons. The number of para-hydroxylation sites is 1. The van der Waals surface area contributed by atoms with Gasteiger partial charge < -0.3 is 9.30 Å². The van der Waals surface area contributed by atoms with Crippen molar-refractivity contribution in [2.45, 2.75) is 6.92 Å². The zero-order valence-electron chi connectivity index (χ0n) is 18.8. The Morgan fingerprint density at radius 3 is 2.17 bits per heavy atom. The Kier molecular flexibility index (Phi) is 5.99. The zero-order valence-corrected chi connectivity index (χ0v) is 19.7. The molecule has 1 aromatic heterocycles. The molecule has 0 saturated carbocycles. The summed E-state index contributed by atoms with van der Waals surface area (Å²) in [5.41, 5.74) is 3.30. The van der Waals surface area contributed by atoms with Crippen molar-refractivity contribution in [3.63, 3.8) is 0 Å². The van der Waals surface area contributed by atoms with Gasteiger partial charge in [0.2, 0.25) is 0 Å². The largest absolute Gasteiger partial charge is 0.457 e. The van der Waals surface area contributed by atoms with E-state index in [1.54, 1.807) is 30.3 Å². The van der Waals surface area contributed by atoms with E-state index in [1.165, 1.54) is 4.90 Å². The van der Waals surface area contributed by atoms with E-state index < -0.39 is 11.8 Å². The first-order valence-corrected chi connectivity index (χ1v) is 11.4. The van der Waals surface area contributed by atoms with E-state index in [4.69, 9.17) is 17.0 Å². The highest BCUT2D eigenvalue weighted by atomic mass is 32.1. The summed E-state index contributed by atoms with van der Waals surface area (Å²) in [6.45, 7) is 2.02. The average molecular weight is 480 g/mol. The third-order valence-corrected chi connectivity index (χ3v) is 5.84. The van der Waals surface area contributed by atoms with E-state index in [0.717, 1.165) is 11.3 Å². The number of hydrogen-bond acceptors (Lipinski definition) is 4. The lowest BCUT2D eigenvalue weighted by atomic mass is 10.1. The fourth-order valence-corrected chi connectivity index (χ4v) is 4.06. The maximum Gasteiger partial charge on any atom is 0.270 e. The number of thiocarbonyl (C=S) groups is 1. The van der Waals surface area contributed by atoms with Crippen LogP contribution in [0.3, 0.4) is 0 Å². The maximum absolute atomic E-state index is 13.4. The van der Waals surface area contributed by atoms with Gasteiger partial charge in [0.15, 0.2) is 5.11 Å². The molecule has 7 heteroatoms. The van der Waals surface area contributed by atoms with Gasteiger partial charge in [-0.3, -0.25) is 19.8 Å². The number of hydrogen-bond donors (Lipinski definition) is 1. The van der Waals surface area contributed by atoms with Gasteiger partial charge in [-0.05, 0) is 85.9 Å². The van der Waals surface area contributed by atoms with Crippen LogP contribution in [-0.2, 0) is 9.59 Å². The second-order valence-corrected chi connectivity index (χ2v) is 8.39. The minimum absolute atomic E-state index is 0.00438. The van der Waals surface area contributed by atoms with Crippen LogP contribution in [0, 0.1) is 6.92 Å². The van der Waals surface area contributed by atoms with Crippen LogP contribution < -0.4 is 15.0 Å². The van der Waals surface area contributed by atoms with Crippen molar-refractivity contribution in [2.75, 3.05) is 4.90 Å². The summed E-state index contributed by atoms with van der Waals surface area (Å²) in [4.78, 5) is 27.4. The third kappa shape index (κ3) is 4.62. The monoisotopic (exact) mass is 479 g/mol. The van der Waals surface area contributed by atoms with Gasteiger partial charge in [0, 0.05) is 17.6 Å². The van der Waals surface area contributed by atoms with Crippen molar-refractivity contribution in [3.8, 4) is 17.2 Å². The lowest BCUT2D eigenvalue weighted by molar-refractivity contribution is -0.122. The number of carbonyl (C=O) groups is 2. The highest BCUT2D eigenvalue weighted by molar-refractivity contribution is 7.80. The first-order valence-electron chi connectivity index (χ1n) is 11.0. The lowest BCUT2D eigenvalue weighted by Crippen LogP contribution is -2.54. The van der Waals surface area contributed by atoms with Crippen LogP contribution in [0.15, 0.2) is 103 Å². The molecular weight excluding hydrogens is 458 g/mol. The van der Waals surface area contributed by atoms with Crippen LogP contribution >= 0.6 is 12.2 Å². The van der Waals surface area contributed by atoms with E-state index in [9.17, 15) is 9.59 Å². The average Bonchev–Trinajstić information content (AvgIpc) is 3.32. The Morgan fingerprint density at radius 2 is 1.46 bits per heavy atom. The second kappa shape index (κ2) is 9.40. The first-order chi connectivity index (χ1) is 17.0. The number of ether oxygens (including phenoxy) is 1. The number of anilines is 1. The molecule has 2 amide bonds. The van der Waals surface area contributed by atoms with Gasteiger partial charge in [-0.15, -0.1) is 0 Å². The lowest BCUT2D eigenvalue weighted by Gasteiger charge is -2.29. The number of nitrogens with zero attached hydrogens (tertiary/aromatic N) is 2. The number of benzene rings is 3. The molecule has 0 spiro atoms. The molecule has 1 fully saturated rings. The highest BCUT2D eigenvalue weighted by Gasteiger charge is 2.34. The van der Waals surface area contributed by atoms with Crippen LogP contribution in [0.4, 0.5) is 5.69 Å². The Morgan fingerprint density at radius 1 is 0.800 bits per heavy atom. The van der Waals surface area contributed by atoms with Gasteiger partial charge in [0.25, 0.3) is 11.8 Å². The van der Waals surface area contributed by atoms with Gasteiger partial charge in [-0.25, -0.2) is 0 Å². The Labute approximate surface area is 208 Å². The van der Waals surface area contributed by atoms with Gasteiger partial charge in [0.1, 0.15) is 17.1 Å². The standard InChI is InChI=1S/C28H21N3O3S/c1-19-9-11-20(12-10-19)30-17-5-6-22(30)18-25-26(32)29-28(35)31(27(25)33)21-13-15-24(16-14-21)34-23-7-3-2-4-8-23/h2-18H,1H3,(H,29,32,35). The van der Waals surface area contributed by atoms with Crippen molar-refractivity contribution in [1.82, 2.24) is 9.88 Å². The number of nitrogens with one attached hydrogen (secondary N) is 1. The number of aryl methyl sites for hydroxylation is 1. The van der Waals surface area contributed by atoms with Crippen molar-refractivity contribution >= 4 is 40.9 Å². The molecule has 5 rings (SSSR count). The number of carbonyl (C=O) groups excluding carboxylic acids is 2. The van der Waals surface area contributed by atoms with E-state index in [1.807, 2.05) is 84.4 Å². The van der Waals surface area contributed by atoms with Crippen LogP contribution in [0.5, 0.6) is 11.5 Å². The fraction of sp³-hybridized carbons (Fsp3) is 0.0357. The van der Waals surface area contributed by atoms with Gasteiger partial charge in [-0.1, -0.05) is 35.9 Å². The van der Waals surface area contributed by atoms with E-state index >= 15 is 0 Å². The Bertz CT molecular complexity index is 1440. The quantitative estimate of drug-likeness (QED) is 0.236. The SMILES string of the molecule is Cc1ccc(-n2cccc2C=C2C(=O)NC(=S)N(c3ccc(Oc4ccccc4)cc3)C2=O)cc1. The zero-order chi connectivity index (χ0) is 24.4. The molecule has 1 N–H and O–H groups in total. The predicted molar refractivity (Wildman–Crippen MR) is 140 cm³/mol. The van der Waals surface area contributed by atoms with Crippen LogP contribution in [-0.4, -0.2) is 21.5 Å². The summed E-state index contributed by atoms with van der Waals surface area (Å²) in [7, 11) is 0. The molecule has 0 radical (unpaired) electrons. The van der Waals surface area contributed by atoms with Crippen molar-refractivity contribution in [2.24, 2.45) is 0 Å². The molecule has 3 aromatic carbocycles. The summed E-state index contributed by atoms with van der Waals surface area (Å²) >= 11 is 5.33. The summed E-state index contributed by atoms with van der Waals surface area (Å²) in [5.74, 6) is 0.300. The molecule has 1 aliphatic rings. The predicted octanol–water partition coefficient (Wildman–Crippen LogP) is 5.41. The number of amides is 2. The maximum atomic E-state index is 13.4. The van der Waals surface area contributed by atoms with Crippen LogP contribution in [0.25, 0.3) is 11.8 Å². The molecule has 0 atom stereocenters. The molecule has 1 saturated heterocycles. The second-order valence-electron chi connectivity index (χ2n) is 8.01. The minimum Gasteiger partial charge on any atom is -0.457 e. The summed E-state index contributed by atoms with van der Waals surface area (Å²) in [5, 5.41) is 2.66. The molecule has 0 bridgehead atoms. The smallest absolute Gasteiger partial charge is 0.270 e. The molecule has 4 aromatic rings. The third-order valence-electron chi connectivity index (χ3n) is 5.56. The summed E-state index contributed by atoms with van der Waals surface area (Å²) in [6.07, 6.45) is 3.47. The summed E-state index contributed by atoms with van der Waals surface area (Å²) < 4.78 is 7.74. The summed E-state index contributed by atoms with van der Waals surface area (Å²) in [6, 6.07) is 28.1. The Hall–Kier alpha value is -4.49. The van der Waals surface area contributed by atoms with Crippen molar-refractivity contribution < 1.29 is 14.3 Å². The number of aromatic nitrogens is 1. The molecule has 1 aliphatic heterocycles. The van der Waals surface area contributed by atoms with Crippen LogP contribution in [0.1, 0.15) is 11.3 Å². The Balaban J connectivity index is 1.43. The molecule has 2 heterocycles. The molecule has 35 heavy (non-hydrogen) atoms. The van der Waals surface area contributed by atoms with Crippen molar-refractivity contribution in [3.05, 3.63) is 114 Å². The molecule has 6 nitrogen and oxygen atoms in total. The van der Waals surface area contributed by atoms with Gasteiger partial charge in [-0.2, -0.15) is 0 Å². The fourth-order valence-electron chi connectivity index (χ4n) is 3.78. The minimum atomic E-state index is -0.531. The van der Waals surface area contributed by atoms with Crippen LogP contribution in [0.2, 0.25) is 0 Å². The van der Waals surface area contributed by atoms with E-state index in [-0.39, 0.29) is 10.7 Å². The van der Waals surface area contributed by atoms with Crippen molar-refractivity contribution in [1.29, 1.82) is 0 Å². The number of rotatable bonds is 5. The molecule has 0 aliphatic carbocycles.